The highest BCUT2D eigenvalue weighted by Crippen LogP contribution is 2.25. The Kier molecular flexibility index (Phi) is 6.03. The molecular formula is C11H18N4O5S. The second-order valence-corrected chi connectivity index (χ2v) is 6.07. The number of nitrogens with two attached hydrogens (primary N) is 1. The van der Waals surface area contributed by atoms with Crippen LogP contribution in [0.2, 0.25) is 0 Å². The minimum absolute atomic E-state index is 0.0760. The van der Waals surface area contributed by atoms with Crippen LogP contribution in [-0.4, -0.2) is 33.1 Å². The number of sulfonamides is 1. The number of anilines is 1. The van der Waals surface area contributed by atoms with Gasteiger partial charge in [0.2, 0.25) is 10.0 Å². The summed E-state index contributed by atoms with van der Waals surface area (Å²) in [5.74, 6) is 5.25. The predicted molar refractivity (Wildman–Crippen MR) is 77.2 cm³/mol. The molecule has 0 spiro atoms. The van der Waals surface area contributed by atoms with Gasteiger partial charge >= 0.3 is 0 Å². The molecule has 4 N–H and O–H groups in total. The molecule has 0 aliphatic carbocycles. The maximum atomic E-state index is 12.3. The van der Waals surface area contributed by atoms with E-state index in [-0.39, 0.29) is 22.3 Å². The number of nitrogens with one attached hydrogen (secondary N) is 2. The van der Waals surface area contributed by atoms with Gasteiger partial charge in [0, 0.05) is 31.9 Å². The summed E-state index contributed by atoms with van der Waals surface area (Å²) in [6.45, 7) is 2.06. The van der Waals surface area contributed by atoms with Gasteiger partial charge in [0.1, 0.15) is 4.90 Å². The molecule has 0 aliphatic rings. The van der Waals surface area contributed by atoms with Crippen LogP contribution in [0.25, 0.3) is 0 Å². The summed E-state index contributed by atoms with van der Waals surface area (Å²) in [4.78, 5) is 9.82. The van der Waals surface area contributed by atoms with Crippen molar-refractivity contribution in [2.75, 3.05) is 19.1 Å². The Morgan fingerprint density at radius 1 is 1.48 bits per heavy atom. The number of ether oxygens (including phenoxy) is 1. The first-order valence-electron chi connectivity index (χ1n) is 6.08. The van der Waals surface area contributed by atoms with Gasteiger partial charge < -0.3 is 10.2 Å². The van der Waals surface area contributed by atoms with Crippen LogP contribution in [0.3, 0.4) is 0 Å². The Hall–Kier alpha value is -1.75. The van der Waals surface area contributed by atoms with Gasteiger partial charge in [-0.1, -0.05) is 0 Å². The molecule has 1 aromatic carbocycles. The van der Waals surface area contributed by atoms with E-state index in [1.165, 1.54) is 19.2 Å². The van der Waals surface area contributed by atoms with Gasteiger partial charge in [-0.05, 0) is 19.4 Å². The van der Waals surface area contributed by atoms with Crippen molar-refractivity contribution >= 4 is 21.4 Å². The third kappa shape index (κ3) is 4.63. The number of nitro benzene ring substituents is 1. The summed E-state index contributed by atoms with van der Waals surface area (Å²) < 4.78 is 31.9. The average molecular weight is 318 g/mol. The molecule has 10 heteroatoms. The van der Waals surface area contributed by atoms with Crippen molar-refractivity contribution in [1.82, 2.24) is 4.72 Å². The van der Waals surface area contributed by atoms with Crippen LogP contribution < -0.4 is 16.0 Å². The Balaban J connectivity index is 3.11. The number of benzene rings is 1. The Morgan fingerprint density at radius 2 is 2.14 bits per heavy atom. The van der Waals surface area contributed by atoms with Crippen molar-refractivity contribution in [3.05, 3.63) is 28.3 Å². The molecule has 0 fully saturated rings. The summed E-state index contributed by atoms with van der Waals surface area (Å²) >= 11 is 0. The summed E-state index contributed by atoms with van der Waals surface area (Å²) in [7, 11) is -2.43. The molecule has 0 aliphatic heterocycles. The van der Waals surface area contributed by atoms with Crippen molar-refractivity contribution in [3.63, 3.8) is 0 Å². The molecule has 21 heavy (non-hydrogen) atoms. The lowest BCUT2D eigenvalue weighted by atomic mass is 10.3. The maximum absolute atomic E-state index is 12.3. The molecule has 0 aromatic heterocycles. The number of nitrogens with zero attached hydrogens (tertiary/aromatic N) is 1. The highest BCUT2D eigenvalue weighted by molar-refractivity contribution is 7.89. The van der Waals surface area contributed by atoms with E-state index in [0.717, 1.165) is 6.07 Å². The van der Waals surface area contributed by atoms with E-state index in [2.05, 4.69) is 10.1 Å². The minimum Gasteiger partial charge on any atom is -0.385 e. The van der Waals surface area contributed by atoms with Crippen molar-refractivity contribution in [1.29, 1.82) is 0 Å². The summed E-state index contributed by atoms with van der Waals surface area (Å²) in [6, 6.07) is 2.98. The third-order valence-corrected chi connectivity index (χ3v) is 4.36. The van der Waals surface area contributed by atoms with Gasteiger partial charge in [0.05, 0.1) is 10.6 Å². The van der Waals surface area contributed by atoms with Gasteiger partial charge in [0.15, 0.2) is 0 Å². The predicted octanol–water partition coefficient (Wildman–Crippen LogP) is 0.584. The highest BCUT2D eigenvalue weighted by Gasteiger charge is 2.23. The molecule has 1 aromatic rings. The molecule has 118 valence electrons. The number of rotatable bonds is 8. The zero-order valence-electron chi connectivity index (χ0n) is 11.7. The highest BCUT2D eigenvalue weighted by atomic mass is 32.2. The number of hydrogen-bond acceptors (Lipinski definition) is 7. The van der Waals surface area contributed by atoms with Crippen LogP contribution in [0.1, 0.15) is 13.3 Å². The molecule has 9 nitrogen and oxygen atoms in total. The quantitative estimate of drug-likeness (QED) is 0.362. The third-order valence-electron chi connectivity index (χ3n) is 2.73. The van der Waals surface area contributed by atoms with E-state index >= 15 is 0 Å². The number of non-ortho nitro benzene ring substituents is 1. The number of nitrogen functional groups attached to an aromatic ring is 1. The fraction of sp³-hybridized carbons (Fsp3) is 0.455. The fourth-order valence-corrected chi connectivity index (χ4v) is 3.11. The van der Waals surface area contributed by atoms with Gasteiger partial charge in [-0.2, -0.15) is 0 Å². The molecule has 1 unspecified atom stereocenters. The first-order chi connectivity index (χ1) is 9.81. The molecular weight excluding hydrogens is 300 g/mol. The van der Waals surface area contributed by atoms with Gasteiger partial charge in [-0.15, -0.1) is 0 Å². The van der Waals surface area contributed by atoms with Crippen LogP contribution in [-0.2, 0) is 14.8 Å². The number of nitro groups is 1. The van der Waals surface area contributed by atoms with Crippen molar-refractivity contribution in [2.24, 2.45) is 5.84 Å². The monoisotopic (exact) mass is 318 g/mol. The fourth-order valence-electron chi connectivity index (χ4n) is 1.65. The van der Waals surface area contributed by atoms with Crippen LogP contribution in [0.5, 0.6) is 0 Å². The topological polar surface area (TPSA) is 137 Å². The first kappa shape index (κ1) is 17.3. The molecule has 0 heterocycles. The molecule has 0 saturated heterocycles. The molecule has 1 atom stereocenters. The van der Waals surface area contributed by atoms with E-state index in [1.54, 1.807) is 6.92 Å². The lowest BCUT2D eigenvalue weighted by Gasteiger charge is -2.15. The Labute approximate surface area is 122 Å². The smallest absolute Gasteiger partial charge is 0.270 e. The number of hydrazine groups is 1. The summed E-state index contributed by atoms with van der Waals surface area (Å²) in [5, 5.41) is 10.8. The number of methoxy groups -OCH3 is 1. The molecule has 0 saturated carbocycles. The molecule has 0 bridgehead atoms. The van der Waals surface area contributed by atoms with E-state index in [1.807, 2.05) is 0 Å². The normalized spacial score (nSPS) is 12.9. The van der Waals surface area contributed by atoms with Gasteiger partial charge in [-0.25, -0.2) is 13.1 Å². The zero-order valence-corrected chi connectivity index (χ0v) is 12.5. The molecule has 1 rings (SSSR count). The Bertz CT molecular complexity index is 605. The first-order valence-corrected chi connectivity index (χ1v) is 7.56. The summed E-state index contributed by atoms with van der Waals surface area (Å²) in [6.07, 6.45) is 0.468. The van der Waals surface area contributed by atoms with E-state index in [0.29, 0.717) is 13.0 Å². The Morgan fingerprint density at radius 3 is 2.67 bits per heavy atom. The van der Waals surface area contributed by atoms with Crippen LogP contribution >= 0.6 is 0 Å². The largest absolute Gasteiger partial charge is 0.385 e. The van der Waals surface area contributed by atoms with E-state index in [4.69, 9.17) is 10.6 Å². The lowest BCUT2D eigenvalue weighted by Crippen LogP contribution is -2.34. The summed E-state index contributed by atoms with van der Waals surface area (Å²) in [5.41, 5.74) is 1.96. The van der Waals surface area contributed by atoms with Gasteiger partial charge in [-0.3, -0.25) is 16.0 Å². The van der Waals surface area contributed by atoms with Gasteiger partial charge in [0.25, 0.3) is 5.69 Å². The minimum atomic E-state index is -3.94. The van der Waals surface area contributed by atoms with Crippen molar-refractivity contribution in [3.8, 4) is 0 Å². The standard InChI is InChI=1S/C11H18N4O5S/c1-8(5-6-20-2)14-21(18,19)11-7-9(15(16)17)3-4-10(11)13-12/h3-4,7-8,13-14H,5-6,12H2,1-2H3. The SMILES string of the molecule is COCCC(C)NS(=O)(=O)c1cc([N+](=O)[O-])ccc1NN. The second kappa shape index (κ2) is 7.31. The average Bonchev–Trinajstić information content (AvgIpc) is 2.43. The molecule has 0 radical (unpaired) electrons. The zero-order chi connectivity index (χ0) is 16.0. The number of hydrogen-bond donors (Lipinski definition) is 3. The van der Waals surface area contributed by atoms with Crippen molar-refractivity contribution in [2.45, 2.75) is 24.3 Å². The van der Waals surface area contributed by atoms with Crippen molar-refractivity contribution < 1.29 is 18.1 Å². The maximum Gasteiger partial charge on any atom is 0.270 e. The van der Waals surface area contributed by atoms with Crippen LogP contribution in [0, 0.1) is 10.1 Å². The lowest BCUT2D eigenvalue weighted by molar-refractivity contribution is -0.385. The van der Waals surface area contributed by atoms with E-state index < -0.39 is 14.9 Å². The van der Waals surface area contributed by atoms with E-state index in [9.17, 15) is 18.5 Å². The van der Waals surface area contributed by atoms with Crippen LogP contribution in [0.4, 0.5) is 11.4 Å². The molecule has 0 amide bonds. The second-order valence-electron chi connectivity index (χ2n) is 4.39. The van der Waals surface area contributed by atoms with Crippen LogP contribution in [0.15, 0.2) is 23.1 Å².